The highest BCUT2D eigenvalue weighted by Gasteiger charge is 2.13. The lowest BCUT2D eigenvalue weighted by atomic mass is 10.1. The summed E-state index contributed by atoms with van der Waals surface area (Å²) in [7, 11) is 0.359. The van der Waals surface area contributed by atoms with E-state index in [1.807, 2.05) is 27.9 Å². The van der Waals surface area contributed by atoms with Gasteiger partial charge in [0.2, 0.25) is 10.0 Å². The van der Waals surface area contributed by atoms with Gasteiger partial charge in [0.25, 0.3) is 0 Å². The van der Waals surface area contributed by atoms with Crippen molar-refractivity contribution in [2.45, 2.75) is 25.2 Å². The summed E-state index contributed by atoms with van der Waals surface area (Å²) in [4.78, 5) is 2.22. The van der Waals surface area contributed by atoms with Gasteiger partial charge in [0, 0.05) is 6.54 Å². The number of aryl methyl sites for hydroxylation is 2. The Kier molecular flexibility index (Phi) is 5.34. The van der Waals surface area contributed by atoms with E-state index in [1.165, 1.54) is 0 Å². The van der Waals surface area contributed by atoms with E-state index in [2.05, 4.69) is 4.90 Å². The molecule has 108 valence electrons. The number of ether oxygens (including phenoxy) is 1. The van der Waals surface area contributed by atoms with E-state index in [4.69, 9.17) is 9.88 Å². The Morgan fingerprint density at radius 1 is 1.21 bits per heavy atom. The fraction of sp³-hybridized carbons (Fsp3) is 0.538. The first-order valence-electron chi connectivity index (χ1n) is 6.13. The van der Waals surface area contributed by atoms with Crippen LogP contribution < -0.4 is 9.88 Å². The molecule has 0 radical (unpaired) electrons. The highest BCUT2D eigenvalue weighted by molar-refractivity contribution is 7.89. The number of nitrogens with zero attached hydrogens (tertiary/aromatic N) is 1. The number of hydrogen-bond donors (Lipinski definition) is 1. The summed E-state index contributed by atoms with van der Waals surface area (Å²) in [5.41, 5.74) is 1.57. The van der Waals surface area contributed by atoms with Gasteiger partial charge in [-0.15, -0.1) is 0 Å². The van der Waals surface area contributed by atoms with Crippen molar-refractivity contribution < 1.29 is 13.2 Å². The molecule has 0 aliphatic carbocycles. The fourth-order valence-electron chi connectivity index (χ4n) is 1.86. The van der Waals surface area contributed by atoms with Crippen LogP contribution in [0.15, 0.2) is 17.0 Å². The molecule has 0 spiro atoms. The predicted molar refractivity (Wildman–Crippen MR) is 76.0 cm³/mol. The van der Waals surface area contributed by atoms with Gasteiger partial charge in [-0.05, 0) is 57.6 Å². The summed E-state index contributed by atoms with van der Waals surface area (Å²) in [6.07, 6.45) is 0.919. The molecule has 0 saturated carbocycles. The quantitative estimate of drug-likeness (QED) is 0.800. The number of hydrogen-bond acceptors (Lipinski definition) is 4. The summed E-state index contributed by atoms with van der Waals surface area (Å²) in [5.74, 6) is 0.742. The minimum Gasteiger partial charge on any atom is -0.493 e. The van der Waals surface area contributed by atoms with Crippen LogP contribution in [0.2, 0.25) is 0 Å². The molecule has 0 aliphatic heterocycles. The molecule has 0 bridgehead atoms. The SMILES string of the molecule is Cc1cc(S(N)(=O)=O)cc(C)c1OCCCN(C)C. The van der Waals surface area contributed by atoms with Gasteiger partial charge in [0.1, 0.15) is 5.75 Å². The van der Waals surface area contributed by atoms with Gasteiger partial charge < -0.3 is 9.64 Å². The second-order valence-electron chi connectivity index (χ2n) is 4.94. The molecule has 6 heteroatoms. The second kappa shape index (κ2) is 6.36. The molecule has 0 aliphatic rings. The lowest BCUT2D eigenvalue weighted by molar-refractivity contribution is 0.278. The third kappa shape index (κ3) is 4.81. The number of benzene rings is 1. The van der Waals surface area contributed by atoms with E-state index >= 15 is 0 Å². The van der Waals surface area contributed by atoms with Crippen molar-refractivity contribution in [2.75, 3.05) is 27.2 Å². The Balaban J connectivity index is 2.81. The molecule has 0 heterocycles. The molecule has 1 aromatic carbocycles. The minimum atomic E-state index is -3.66. The van der Waals surface area contributed by atoms with Crippen LogP contribution in [0.25, 0.3) is 0 Å². The van der Waals surface area contributed by atoms with Gasteiger partial charge in [-0.25, -0.2) is 13.6 Å². The largest absolute Gasteiger partial charge is 0.493 e. The first-order chi connectivity index (χ1) is 8.71. The summed E-state index contributed by atoms with van der Waals surface area (Å²) in [6.45, 7) is 5.20. The molecule has 2 N–H and O–H groups in total. The zero-order chi connectivity index (χ0) is 14.6. The van der Waals surface area contributed by atoms with Gasteiger partial charge >= 0.3 is 0 Å². The first-order valence-corrected chi connectivity index (χ1v) is 7.68. The molecule has 5 nitrogen and oxygen atoms in total. The van der Waals surface area contributed by atoms with Crippen LogP contribution >= 0.6 is 0 Å². The molecule has 0 aromatic heterocycles. The average Bonchev–Trinajstić information content (AvgIpc) is 2.25. The van der Waals surface area contributed by atoms with Crippen molar-refractivity contribution in [3.05, 3.63) is 23.3 Å². The number of rotatable bonds is 6. The van der Waals surface area contributed by atoms with E-state index in [0.717, 1.165) is 29.8 Å². The van der Waals surface area contributed by atoms with Crippen LogP contribution in [0, 0.1) is 13.8 Å². The van der Waals surface area contributed by atoms with Gasteiger partial charge in [-0.2, -0.15) is 0 Å². The molecule has 0 amide bonds. The normalized spacial score (nSPS) is 11.9. The highest BCUT2D eigenvalue weighted by atomic mass is 32.2. The summed E-state index contributed by atoms with van der Waals surface area (Å²) in [5, 5.41) is 5.13. The molecule has 0 saturated heterocycles. The van der Waals surface area contributed by atoms with Crippen molar-refractivity contribution in [1.82, 2.24) is 4.90 Å². The van der Waals surface area contributed by atoms with Crippen molar-refractivity contribution >= 4 is 10.0 Å². The molecular formula is C13H22N2O3S. The van der Waals surface area contributed by atoms with E-state index in [0.29, 0.717) is 6.61 Å². The lowest BCUT2D eigenvalue weighted by Gasteiger charge is -2.14. The average molecular weight is 286 g/mol. The van der Waals surface area contributed by atoms with Gasteiger partial charge in [-0.1, -0.05) is 0 Å². The fourth-order valence-corrected chi connectivity index (χ4v) is 2.54. The van der Waals surface area contributed by atoms with E-state index in [-0.39, 0.29) is 4.90 Å². The maximum Gasteiger partial charge on any atom is 0.238 e. The van der Waals surface area contributed by atoms with Crippen molar-refractivity contribution in [3.8, 4) is 5.75 Å². The maximum absolute atomic E-state index is 11.3. The van der Waals surface area contributed by atoms with Gasteiger partial charge in [-0.3, -0.25) is 0 Å². The zero-order valence-electron chi connectivity index (χ0n) is 11.9. The molecule has 1 rings (SSSR count). The summed E-state index contributed by atoms with van der Waals surface area (Å²) >= 11 is 0. The Bertz CT molecular complexity index is 516. The third-order valence-electron chi connectivity index (χ3n) is 2.76. The minimum absolute atomic E-state index is 0.128. The second-order valence-corrected chi connectivity index (χ2v) is 6.50. The van der Waals surface area contributed by atoms with Crippen molar-refractivity contribution in [3.63, 3.8) is 0 Å². The zero-order valence-corrected chi connectivity index (χ0v) is 12.8. The van der Waals surface area contributed by atoms with Crippen LogP contribution in [0.4, 0.5) is 0 Å². The molecular weight excluding hydrogens is 264 g/mol. The van der Waals surface area contributed by atoms with Crippen LogP contribution in [0.3, 0.4) is 0 Å². The number of nitrogens with two attached hydrogens (primary N) is 1. The Hall–Kier alpha value is -1.11. The summed E-state index contributed by atoms with van der Waals surface area (Å²) < 4.78 is 28.4. The van der Waals surface area contributed by atoms with Crippen LogP contribution in [-0.2, 0) is 10.0 Å². The topological polar surface area (TPSA) is 72.6 Å². The number of sulfonamides is 1. The Morgan fingerprint density at radius 3 is 2.16 bits per heavy atom. The van der Waals surface area contributed by atoms with Crippen LogP contribution in [-0.4, -0.2) is 40.6 Å². The lowest BCUT2D eigenvalue weighted by Crippen LogP contribution is -2.16. The smallest absolute Gasteiger partial charge is 0.238 e. The van der Waals surface area contributed by atoms with Crippen LogP contribution in [0.5, 0.6) is 5.75 Å². The van der Waals surface area contributed by atoms with E-state index in [1.54, 1.807) is 12.1 Å². The van der Waals surface area contributed by atoms with Gasteiger partial charge in [0.15, 0.2) is 0 Å². The van der Waals surface area contributed by atoms with Crippen LogP contribution in [0.1, 0.15) is 17.5 Å². The third-order valence-corrected chi connectivity index (χ3v) is 3.65. The molecule has 19 heavy (non-hydrogen) atoms. The van der Waals surface area contributed by atoms with Gasteiger partial charge in [0.05, 0.1) is 11.5 Å². The van der Waals surface area contributed by atoms with E-state index < -0.39 is 10.0 Å². The summed E-state index contributed by atoms with van der Waals surface area (Å²) in [6, 6.07) is 3.09. The van der Waals surface area contributed by atoms with Crippen molar-refractivity contribution in [2.24, 2.45) is 5.14 Å². The Labute approximate surface area is 115 Å². The van der Waals surface area contributed by atoms with Crippen molar-refractivity contribution in [1.29, 1.82) is 0 Å². The molecule has 0 fully saturated rings. The molecule has 1 aromatic rings. The number of primary sulfonamides is 1. The Morgan fingerprint density at radius 2 is 1.74 bits per heavy atom. The maximum atomic E-state index is 11.3. The van der Waals surface area contributed by atoms with E-state index in [9.17, 15) is 8.42 Å². The monoisotopic (exact) mass is 286 g/mol. The predicted octanol–water partition coefficient (Wildman–Crippen LogP) is 1.28. The highest BCUT2D eigenvalue weighted by Crippen LogP contribution is 2.26. The molecule has 0 unspecified atom stereocenters. The molecule has 0 atom stereocenters. The first kappa shape index (κ1) is 15.9. The standard InChI is InChI=1S/C13H22N2O3S/c1-10-8-12(19(14,16)17)9-11(2)13(10)18-7-5-6-15(3)4/h8-9H,5-7H2,1-4H3,(H2,14,16,17).